The maximum absolute atomic E-state index is 12.3. The molecule has 2 aliphatic carbocycles. The zero-order valence-corrected chi connectivity index (χ0v) is 11.8. The summed E-state index contributed by atoms with van der Waals surface area (Å²) in [7, 11) is -1.51. The van der Waals surface area contributed by atoms with E-state index in [2.05, 4.69) is 19.6 Å². The molecule has 0 saturated heterocycles. The van der Waals surface area contributed by atoms with E-state index >= 15 is 0 Å². The second-order valence-electron chi connectivity index (χ2n) is 6.40. The number of carbonyl (C=O) groups is 1. The molecule has 0 bridgehead atoms. The molecule has 0 aliphatic heterocycles. The number of hydrogen-bond donors (Lipinski definition) is 0. The van der Waals surface area contributed by atoms with E-state index in [1.807, 2.05) is 0 Å². The van der Waals surface area contributed by atoms with E-state index in [1.165, 1.54) is 12.8 Å². The average Bonchev–Trinajstić information content (AvgIpc) is 2.53. The van der Waals surface area contributed by atoms with Crippen LogP contribution in [-0.4, -0.2) is 20.2 Å². The number of Topliss-reactive ketones (excluding diaryl/α,β-unsaturated/α-hetero) is 1. The van der Waals surface area contributed by atoms with Gasteiger partial charge >= 0.3 is 0 Å². The Bertz CT molecular complexity index is 282. The van der Waals surface area contributed by atoms with E-state index in [-0.39, 0.29) is 11.5 Å². The molecule has 1 spiro atoms. The van der Waals surface area contributed by atoms with Crippen molar-refractivity contribution >= 4 is 14.1 Å². The third-order valence-corrected chi connectivity index (χ3v) is 5.03. The number of hydrogen-bond acceptors (Lipinski definition) is 2. The molecule has 0 unspecified atom stereocenters. The standard InChI is InChI=1S/C13H24O2Si/c1-16(2,3)15-12-8-6-10-13(12)9-5-4-7-11(13)14/h12H,4-10H2,1-3H3/t12-,13-/m0/s1. The first kappa shape index (κ1) is 12.3. The van der Waals surface area contributed by atoms with Crippen molar-refractivity contribution in [3.8, 4) is 0 Å². The Hall–Kier alpha value is -0.153. The van der Waals surface area contributed by atoms with Crippen molar-refractivity contribution in [1.29, 1.82) is 0 Å². The summed E-state index contributed by atoms with van der Waals surface area (Å²) in [4.78, 5) is 12.3. The molecule has 0 aromatic carbocycles. The molecule has 16 heavy (non-hydrogen) atoms. The molecule has 2 saturated carbocycles. The molecular formula is C13H24O2Si. The van der Waals surface area contributed by atoms with Crippen LogP contribution < -0.4 is 0 Å². The molecule has 3 heteroatoms. The second-order valence-corrected chi connectivity index (χ2v) is 10.9. The van der Waals surface area contributed by atoms with Crippen LogP contribution in [0.1, 0.15) is 44.9 Å². The fourth-order valence-electron chi connectivity index (χ4n) is 3.36. The normalized spacial score (nSPS) is 35.9. The van der Waals surface area contributed by atoms with Crippen molar-refractivity contribution < 1.29 is 9.22 Å². The smallest absolute Gasteiger partial charge is 0.184 e. The Balaban J connectivity index is 2.15. The van der Waals surface area contributed by atoms with Gasteiger partial charge in [0.2, 0.25) is 0 Å². The van der Waals surface area contributed by atoms with Crippen molar-refractivity contribution in [2.24, 2.45) is 5.41 Å². The summed E-state index contributed by atoms with van der Waals surface area (Å²) in [6.45, 7) is 6.69. The molecule has 0 aromatic rings. The first-order valence-electron chi connectivity index (χ1n) is 6.65. The first-order valence-corrected chi connectivity index (χ1v) is 10.1. The molecule has 2 aliphatic rings. The molecule has 0 radical (unpaired) electrons. The van der Waals surface area contributed by atoms with E-state index in [4.69, 9.17) is 4.43 Å². The van der Waals surface area contributed by atoms with Gasteiger partial charge in [0.15, 0.2) is 8.32 Å². The van der Waals surface area contributed by atoms with Crippen LogP contribution in [0.5, 0.6) is 0 Å². The third-order valence-electron chi connectivity index (χ3n) is 4.03. The Kier molecular flexibility index (Phi) is 3.28. The minimum atomic E-state index is -1.51. The van der Waals surface area contributed by atoms with Crippen LogP contribution in [0.4, 0.5) is 0 Å². The summed E-state index contributed by atoms with van der Waals surface area (Å²) in [6, 6.07) is 0. The van der Waals surface area contributed by atoms with E-state index in [0.717, 1.165) is 32.1 Å². The molecule has 2 atom stereocenters. The highest BCUT2D eigenvalue weighted by Crippen LogP contribution is 2.49. The Morgan fingerprint density at radius 1 is 1.19 bits per heavy atom. The predicted molar refractivity (Wildman–Crippen MR) is 68.0 cm³/mol. The number of rotatable bonds is 2. The summed E-state index contributed by atoms with van der Waals surface area (Å²) >= 11 is 0. The molecular weight excluding hydrogens is 216 g/mol. The van der Waals surface area contributed by atoms with Crippen LogP contribution in [0.25, 0.3) is 0 Å². The van der Waals surface area contributed by atoms with Crippen LogP contribution >= 0.6 is 0 Å². The van der Waals surface area contributed by atoms with Crippen LogP contribution in [0.15, 0.2) is 0 Å². The predicted octanol–water partition coefficient (Wildman–Crippen LogP) is 3.52. The first-order chi connectivity index (χ1) is 7.44. The highest BCUT2D eigenvalue weighted by Gasteiger charge is 2.50. The number of carbonyl (C=O) groups excluding carboxylic acids is 1. The van der Waals surface area contributed by atoms with Crippen LogP contribution in [0.3, 0.4) is 0 Å². The van der Waals surface area contributed by atoms with Crippen molar-refractivity contribution in [3.05, 3.63) is 0 Å². The largest absolute Gasteiger partial charge is 0.414 e. The van der Waals surface area contributed by atoms with E-state index in [0.29, 0.717) is 5.78 Å². The Morgan fingerprint density at radius 2 is 1.88 bits per heavy atom. The Labute approximate surface area is 99.9 Å². The monoisotopic (exact) mass is 240 g/mol. The highest BCUT2D eigenvalue weighted by atomic mass is 28.4. The summed E-state index contributed by atoms with van der Waals surface area (Å²) in [5.74, 6) is 0.500. The maximum Gasteiger partial charge on any atom is 0.184 e. The lowest BCUT2D eigenvalue weighted by Crippen LogP contribution is -2.46. The quantitative estimate of drug-likeness (QED) is 0.690. The molecule has 2 nitrogen and oxygen atoms in total. The number of ketones is 1. The zero-order chi connectivity index (χ0) is 11.8. The van der Waals surface area contributed by atoms with Gasteiger partial charge in [-0.05, 0) is 51.7 Å². The van der Waals surface area contributed by atoms with Crippen LogP contribution in [0.2, 0.25) is 19.6 Å². The van der Waals surface area contributed by atoms with Gasteiger partial charge in [0.25, 0.3) is 0 Å². The zero-order valence-electron chi connectivity index (χ0n) is 10.8. The topological polar surface area (TPSA) is 26.3 Å². The van der Waals surface area contributed by atoms with Crippen LogP contribution in [0, 0.1) is 5.41 Å². The van der Waals surface area contributed by atoms with Crippen molar-refractivity contribution in [3.63, 3.8) is 0 Å². The van der Waals surface area contributed by atoms with E-state index in [9.17, 15) is 4.79 Å². The maximum atomic E-state index is 12.3. The van der Waals surface area contributed by atoms with E-state index < -0.39 is 8.32 Å². The molecule has 2 fully saturated rings. The van der Waals surface area contributed by atoms with Crippen molar-refractivity contribution in [2.75, 3.05) is 0 Å². The van der Waals surface area contributed by atoms with Crippen molar-refractivity contribution in [2.45, 2.75) is 70.7 Å². The molecule has 0 N–H and O–H groups in total. The fraction of sp³-hybridized carbons (Fsp3) is 0.923. The average molecular weight is 240 g/mol. The Morgan fingerprint density at radius 3 is 2.50 bits per heavy atom. The summed E-state index contributed by atoms with van der Waals surface area (Å²) in [5, 5.41) is 0. The second kappa shape index (κ2) is 4.26. The van der Waals surface area contributed by atoms with E-state index in [1.54, 1.807) is 0 Å². The summed E-state index contributed by atoms with van der Waals surface area (Å²) in [6.07, 6.45) is 7.81. The van der Waals surface area contributed by atoms with Gasteiger partial charge in [0, 0.05) is 6.42 Å². The van der Waals surface area contributed by atoms with Gasteiger partial charge in [-0.1, -0.05) is 6.42 Å². The molecule has 2 rings (SSSR count). The lowest BCUT2D eigenvalue weighted by atomic mass is 9.70. The van der Waals surface area contributed by atoms with Gasteiger partial charge in [-0.25, -0.2) is 0 Å². The lowest BCUT2D eigenvalue weighted by Gasteiger charge is -2.40. The molecule has 92 valence electrons. The summed E-state index contributed by atoms with van der Waals surface area (Å²) < 4.78 is 6.28. The third kappa shape index (κ3) is 2.25. The van der Waals surface area contributed by atoms with Crippen LogP contribution in [-0.2, 0) is 9.22 Å². The van der Waals surface area contributed by atoms with Crippen molar-refractivity contribution in [1.82, 2.24) is 0 Å². The van der Waals surface area contributed by atoms with Gasteiger partial charge < -0.3 is 4.43 Å². The summed E-state index contributed by atoms with van der Waals surface area (Å²) in [5.41, 5.74) is -0.0709. The van der Waals surface area contributed by atoms with Gasteiger partial charge in [-0.2, -0.15) is 0 Å². The van der Waals surface area contributed by atoms with Gasteiger partial charge in [0.1, 0.15) is 5.78 Å². The van der Waals surface area contributed by atoms with Gasteiger partial charge in [0.05, 0.1) is 11.5 Å². The van der Waals surface area contributed by atoms with Gasteiger partial charge in [-0.3, -0.25) is 4.79 Å². The fourth-order valence-corrected chi connectivity index (χ4v) is 4.56. The lowest BCUT2D eigenvalue weighted by molar-refractivity contribution is -0.136. The molecule has 0 heterocycles. The molecule has 0 aromatic heterocycles. The SMILES string of the molecule is C[Si](C)(C)O[C@H]1CCC[C@]12CCCCC2=O. The highest BCUT2D eigenvalue weighted by molar-refractivity contribution is 6.69. The minimum absolute atomic E-state index is 0.0709. The minimum Gasteiger partial charge on any atom is -0.414 e. The molecule has 0 amide bonds. The van der Waals surface area contributed by atoms with Gasteiger partial charge in [-0.15, -0.1) is 0 Å².